The van der Waals surface area contributed by atoms with Gasteiger partial charge in [-0.1, -0.05) is 28.1 Å². The Morgan fingerprint density at radius 3 is 1.95 bits per heavy atom. The third kappa shape index (κ3) is 3.13. The Hall–Kier alpha value is -1.75. The maximum atomic E-state index is 13.9. The van der Waals surface area contributed by atoms with Gasteiger partial charge in [0.15, 0.2) is 11.6 Å². The highest BCUT2D eigenvalue weighted by molar-refractivity contribution is 9.09. The highest BCUT2D eigenvalue weighted by Gasteiger charge is 2.21. The first kappa shape index (κ1) is 15.6. The molecule has 2 aromatic carbocycles. The van der Waals surface area contributed by atoms with Crippen molar-refractivity contribution in [3.8, 4) is 17.2 Å². The minimum Gasteiger partial charge on any atom is -0.496 e. The molecule has 0 N–H and O–H groups in total. The molecule has 0 aliphatic heterocycles. The number of benzene rings is 2. The fourth-order valence-electron chi connectivity index (χ4n) is 2.14. The molecular formula is C16H16BrFO3. The maximum absolute atomic E-state index is 13.9. The second kappa shape index (κ2) is 6.80. The van der Waals surface area contributed by atoms with Crippen LogP contribution in [0.4, 0.5) is 4.39 Å². The van der Waals surface area contributed by atoms with Crippen LogP contribution >= 0.6 is 15.9 Å². The lowest BCUT2D eigenvalue weighted by Crippen LogP contribution is -2.01. The molecule has 0 aromatic heterocycles. The zero-order valence-corrected chi connectivity index (χ0v) is 13.6. The molecule has 1 atom stereocenters. The van der Waals surface area contributed by atoms with Crippen LogP contribution in [-0.2, 0) is 0 Å². The summed E-state index contributed by atoms with van der Waals surface area (Å²) < 4.78 is 29.6. The van der Waals surface area contributed by atoms with Crippen LogP contribution in [0.1, 0.15) is 16.0 Å². The van der Waals surface area contributed by atoms with E-state index < -0.39 is 5.82 Å². The number of rotatable bonds is 5. The Balaban J connectivity index is 2.49. The van der Waals surface area contributed by atoms with Gasteiger partial charge in [-0.05, 0) is 29.8 Å². The van der Waals surface area contributed by atoms with Crippen LogP contribution in [0.25, 0.3) is 0 Å². The van der Waals surface area contributed by atoms with E-state index in [4.69, 9.17) is 14.2 Å². The largest absolute Gasteiger partial charge is 0.496 e. The third-order valence-electron chi connectivity index (χ3n) is 3.19. The van der Waals surface area contributed by atoms with E-state index >= 15 is 0 Å². The van der Waals surface area contributed by atoms with E-state index in [-0.39, 0.29) is 10.6 Å². The van der Waals surface area contributed by atoms with Crippen molar-refractivity contribution in [3.63, 3.8) is 0 Å². The summed E-state index contributed by atoms with van der Waals surface area (Å²) in [5, 5.41) is 0. The van der Waals surface area contributed by atoms with E-state index in [9.17, 15) is 4.39 Å². The lowest BCUT2D eigenvalue weighted by atomic mass is 10.0. The van der Waals surface area contributed by atoms with Crippen LogP contribution in [0, 0.1) is 5.82 Å². The van der Waals surface area contributed by atoms with Crippen molar-refractivity contribution in [1.29, 1.82) is 0 Å². The van der Waals surface area contributed by atoms with Gasteiger partial charge in [-0.25, -0.2) is 4.39 Å². The van der Waals surface area contributed by atoms with E-state index in [1.807, 2.05) is 18.2 Å². The van der Waals surface area contributed by atoms with E-state index in [0.29, 0.717) is 11.5 Å². The average Bonchev–Trinajstić information content (AvgIpc) is 2.53. The second-order valence-electron chi connectivity index (χ2n) is 4.33. The molecule has 3 nitrogen and oxygen atoms in total. The van der Waals surface area contributed by atoms with E-state index in [2.05, 4.69) is 15.9 Å². The first-order valence-electron chi connectivity index (χ1n) is 6.30. The summed E-state index contributed by atoms with van der Waals surface area (Å²) in [7, 11) is 4.62. The Morgan fingerprint density at radius 1 is 0.905 bits per heavy atom. The van der Waals surface area contributed by atoms with Gasteiger partial charge in [-0.3, -0.25) is 0 Å². The highest BCUT2D eigenvalue weighted by Crippen LogP contribution is 2.42. The van der Waals surface area contributed by atoms with Crippen molar-refractivity contribution in [3.05, 3.63) is 53.3 Å². The number of alkyl halides is 1. The van der Waals surface area contributed by atoms with Gasteiger partial charge >= 0.3 is 0 Å². The zero-order valence-electron chi connectivity index (χ0n) is 12.0. The Kier molecular flexibility index (Phi) is 5.07. The third-order valence-corrected chi connectivity index (χ3v) is 4.17. The summed E-state index contributed by atoms with van der Waals surface area (Å²) in [6, 6.07) is 10.4. The quantitative estimate of drug-likeness (QED) is 0.747. The minimum atomic E-state index is -0.409. The van der Waals surface area contributed by atoms with Crippen molar-refractivity contribution < 1.29 is 18.6 Å². The van der Waals surface area contributed by atoms with E-state index in [1.165, 1.54) is 13.2 Å². The minimum absolute atomic E-state index is 0.213. The molecule has 0 fully saturated rings. The number of ether oxygens (including phenoxy) is 3. The predicted octanol–water partition coefficient (Wildman–Crippen LogP) is 4.34. The SMILES string of the molecule is COc1ccc(C(Br)c2c(OC)cccc2OC)cc1F. The van der Waals surface area contributed by atoms with Gasteiger partial charge in [-0.15, -0.1) is 0 Å². The lowest BCUT2D eigenvalue weighted by molar-refractivity contribution is 0.384. The first-order valence-corrected chi connectivity index (χ1v) is 7.22. The Bertz CT molecular complexity index is 609. The van der Waals surface area contributed by atoms with Gasteiger partial charge in [-0.2, -0.15) is 0 Å². The van der Waals surface area contributed by atoms with Crippen molar-refractivity contribution in [2.75, 3.05) is 21.3 Å². The van der Waals surface area contributed by atoms with Crippen LogP contribution in [0.5, 0.6) is 17.2 Å². The maximum Gasteiger partial charge on any atom is 0.165 e. The molecule has 2 aromatic rings. The molecule has 2 rings (SSSR count). The van der Waals surface area contributed by atoms with E-state index in [1.54, 1.807) is 26.4 Å². The van der Waals surface area contributed by atoms with Crippen LogP contribution < -0.4 is 14.2 Å². The summed E-state index contributed by atoms with van der Waals surface area (Å²) in [6.07, 6.45) is 0. The van der Waals surface area contributed by atoms with Gasteiger partial charge in [0.1, 0.15) is 11.5 Å². The summed E-state index contributed by atoms with van der Waals surface area (Å²) in [4.78, 5) is -0.260. The number of hydrogen-bond donors (Lipinski definition) is 0. The van der Waals surface area contributed by atoms with Gasteiger partial charge in [0.05, 0.1) is 31.7 Å². The van der Waals surface area contributed by atoms with Crippen LogP contribution in [0.3, 0.4) is 0 Å². The number of methoxy groups -OCH3 is 3. The molecule has 0 saturated heterocycles. The summed E-state index contributed by atoms with van der Waals surface area (Å²) >= 11 is 3.59. The molecule has 5 heteroatoms. The molecule has 0 spiro atoms. The van der Waals surface area contributed by atoms with Crippen LogP contribution in [-0.4, -0.2) is 21.3 Å². The van der Waals surface area contributed by atoms with Crippen LogP contribution in [0.15, 0.2) is 36.4 Å². The fourth-order valence-corrected chi connectivity index (χ4v) is 2.87. The van der Waals surface area contributed by atoms with Crippen LogP contribution in [0.2, 0.25) is 0 Å². The smallest absolute Gasteiger partial charge is 0.165 e. The van der Waals surface area contributed by atoms with Gasteiger partial charge in [0.25, 0.3) is 0 Å². The zero-order chi connectivity index (χ0) is 15.4. The Morgan fingerprint density at radius 2 is 1.48 bits per heavy atom. The van der Waals surface area contributed by atoms with Crippen molar-refractivity contribution in [1.82, 2.24) is 0 Å². The van der Waals surface area contributed by atoms with Crippen molar-refractivity contribution in [2.45, 2.75) is 4.83 Å². The van der Waals surface area contributed by atoms with Gasteiger partial charge < -0.3 is 14.2 Å². The lowest BCUT2D eigenvalue weighted by Gasteiger charge is -2.18. The first-order chi connectivity index (χ1) is 10.1. The standard InChI is InChI=1S/C16H16BrFO3/c1-19-12-8-7-10(9-11(12)18)16(17)15-13(20-2)5-4-6-14(15)21-3/h4-9,16H,1-3H3. The summed E-state index contributed by atoms with van der Waals surface area (Å²) in [6.45, 7) is 0. The van der Waals surface area contributed by atoms with E-state index in [0.717, 1.165) is 11.1 Å². The molecule has 21 heavy (non-hydrogen) atoms. The normalized spacial score (nSPS) is 11.9. The number of hydrogen-bond acceptors (Lipinski definition) is 3. The van der Waals surface area contributed by atoms with Crippen molar-refractivity contribution in [2.24, 2.45) is 0 Å². The number of halogens is 2. The molecule has 0 radical (unpaired) electrons. The molecule has 0 amide bonds. The molecule has 0 saturated carbocycles. The molecule has 1 unspecified atom stereocenters. The topological polar surface area (TPSA) is 27.7 Å². The predicted molar refractivity (Wildman–Crippen MR) is 83.3 cm³/mol. The monoisotopic (exact) mass is 354 g/mol. The summed E-state index contributed by atoms with van der Waals surface area (Å²) in [5.41, 5.74) is 1.56. The molecule has 0 heterocycles. The average molecular weight is 355 g/mol. The second-order valence-corrected chi connectivity index (χ2v) is 5.25. The molecule has 0 aliphatic carbocycles. The molecule has 0 bridgehead atoms. The summed E-state index contributed by atoms with van der Waals surface area (Å²) in [5.74, 6) is 1.15. The molecular weight excluding hydrogens is 339 g/mol. The van der Waals surface area contributed by atoms with Gasteiger partial charge in [0, 0.05) is 0 Å². The van der Waals surface area contributed by atoms with Gasteiger partial charge in [0.2, 0.25) is 0 Å². The molecule has 0 aliphatic rings. The fraction of sp³-hybridized carbons (Fsp3) is 0.250. The van der Waals surface area contributed by atoms with Crippen molar-refractivity contribution >= 4 is 15.9 Å². The Labute approximate surface area is 131 Å². The molecule has 112 valence electrons. The highest BCUT2D eigenvalue weighted by atomic mass is 79.9.